The molecule has 0 saturated carbocycles. The first-order valence-corrected chi connectivity index (χ1v) is 9.47. The number of rotatable bonds is 4. The van der Waals surface area contributed by atoms with Gasteiger partial charge < -0.3 is 9.67 Å². The molecule has 0 atom stereocenters. The largest absolute Gasteiger partial charge is 0.506 e. The van der Waals surface area contributed by atoms with Crippen molar-refractivity contribution in [2.24, 2.45) is 7.05 Å². The highest BCUT2D eigenvalue weighted by atomic mass is 35.5. The number of aryl methyl sites for hydroxylation is 1. The monoisotopic (exact) mass is 407 g/mol. The molecule has 0 unspecified atom stereocenters. The maximum atomic E-state index is 12.4. The number of benzene rings is 2. The van der Waals surface area contributed by atoms with Gasteiger partial charge in [0.2, 0.25) is 0 Å². The number of sulfonamides is 1. The zero-order valence-corrected chi connectivity index (χ0v) is 15.5. The third kappa shape index (κ3) is 3.52. The van der Waals surface area contributed by atoms with Crippen LogP contribution >= 0.6 is 11.6 Å². The number of hydrazine groups is 1. The summed E-state index contributed by atoms with van der Waals surface area (Å²) in [6.45, 7) is 0. The van der Waals surface area contributed by atoms with Gasteiger partial charge in [0, 0.05) is 17.5 Å². The van der Waals surface area contributed by atoms with E-state index in [4.69, 9.17) is 11.6 Å². The lowest BCUT2D eigenvalue weighted by Crippen LogP contribution is -2.43. The highest BCUT2D eigenvalue weighted by Crippen LogP contribution is 2.25. The Morgan fingerprint density at radius 2 is 1.74 bits per heavy atom. The number of halogens is 1. The highest BCUT2D eigenvalue weighted by molar-refractivity contribution is 7.89. The Bertz CT molecular complexity index is 1200. The lowest BCUT2D eigenvalue weighted by Gasteiger charge is -2.12. The van der Waals surface area contributed by atoms with Gasteiger partial charge in [-0.3, -0.25) is 15.0 Å². The number of amides is 1. The molecule has 0 aliphatic carbocycles. The number of aromatic hydroxyl groups is 1. The van der Waals surface area contributed by atoms with E-state index in [9.17, 15) is 23.1 Å². The quantitative estimate of drug-likeness (QED) is 0.567. The molecular formula is C17H14ClN3O5S. The van der Waals surface area contributed by atoms with Gasteiger partial charge in [-0.15, -0.1) is 4.83 Å². The van der Waals surface area contributed by atoms with E-state index in [-0.39, 0.29) is 10.3 Å². The first kappa shape index (κ1) is 18.9. The van der Waals surface area contributed by atoms with Crippen LogP contribution in [0.3, 0.4) is 0 Å². The fourth-order valence-corrected chi connectivity index (χ4v) is 3.50. The minimum atomic E-state index is -4.09. The Morgan fingerprint density at radius 1 is 1.11 bits per heavy atom. The minimum Gasteiger partial charge on any atom is -0.506 e. The molecular weight excluding hydrogens is 394 g/mol. The number of aromatic nitrogens is 1. The molecule has 1 heterocycles. The molecule has 1 aromatic heterocycles. The zero-order valence-electron chi connectivity index (χ0n) is 13.9. The van der Waals surface area contributed by atoms with Crippen LogP contribution in [0.25, 0.3) is 10.9 Å². The van der Waals surface area contributed by atoms with Gasteiger partial charge in [0.25, 0.3) is 21.5 Å². The summed E-state index contributed by atoms with van der Waals surface area (Å²) in [4.78, 5) is 26.6. The molecule has 140 valence electrons. The fraction of sp³-hybridized carbons (Fsp3) is 0.0588. The summed E-state index contributed by atoms with van der Waals surface area (Å²) in [5.41, 5.74) is 1.03. The summed E-state index contributed by atoms with van der Waals surface area (Å²) in [6.07, 6.45) is 0. The predicted molar refractivity (Wildman–Crippen MR) is 100 cm³/mol. The molecule has 0 fully saturated rings. The number of carbonyl (C=O) groups excluding carboxylic acids is 1. The second-order valence-electron chi connectivity index (χ2n) is 5.62. The third-order valence-corrected chi connectivity index (χ3v) is 5.44. The molecule has 3 rings (SSSR count). The average molecular weight is 408 g/mol. The molecule has 10 heteroatoms. The maximum absolute atomic E-state index is 12.4. The van der Waals surface area contributed by atoms with Crippen LogP contribution in [-0.4, -0.2) is 24.0 Å². The summed E-state index contributed by atoms with van der Waals surface area (Å²) < 4.78 is 25.6. The normalized spacial score (nSPS) is 11.5. The van der Waals surface area contributed by atoms with E-state index < -0.39 is 32.8 Å². The molecule has 0 aliphatic rings. The maximum Gasteiger partial charge on any atom is 0.275 e. The number of nitrogens with zero attached hydrogens (tertiary/aromatic N) is 1. The summed E-state index contributed by atoms with van der Waals surface area (Å²) in [6, 6.07) is 11.7. The number of para-hydroxylation sites is 1. The topological polar surface area (TPSA) is 118 Å². The number of carbonyl (C=O) groups is 1. The van der Waals surface area contributed by atoms with Gasteiger partial charge in [0.15, 0.2) is 0 Å². The van der Waals surface area contributed by atoms with Crippen LogP contribution in [0, 0.1) is 0 Å². The third-order valence-electron chi connectivity index (χ3n) is 3.93. The summed E-state index contributed by atoms with van der Waals surface area (Å²) >= 11 is 5.72. The number of nitrogens with one attached hydrogen (secondary N) is 2. The highest BCUT2D eigenvalue weighted by Gasteiger charge is 2.23. The van der Waals surface area contributed by atoms with E-state index in [0.717, 1.165) is 0 Å². The van der Waals surface area contributed by atoms with Crippen molar-refractivity contribution in [3.8, 4) is 5.75 Å². The summed E-state index contributed by atoms with van der Waals surface area (Å²) in [5.74, 6) is -1.62. The first-order chi connectivity index (χ1) is 12.7. The van der Waals surface area contributed by atoms with Gasteiger partial charge in [-0.1, -0.05) is 23.7 Å². The molecule has 3 N–H and O–H groups in total. The van der Waals surface area contributed by atoms with Crippen LogP contribution in [0.5, 0.6) is 5.75 Å². The second kappa shape index (κ2) is 7.03. The predicted octanol–water partition coefficient (Wildman–Crippen LogP) is 1.52. The van der Waals surface area contributed by atoms with Gasteiger partial charge in [0.05, 0.1) is 10.4 Å². The van der Waals surface area contributed by atoms with Crippen molar-refractivity contribution in [2.75, 3.05) is 0 Å². The average Bonchev–Trinajstić information content (AvgIpc) is 2.65. The van der Waals surface area contributed by atoms with Crippen LogP contribution < -0.4 is 15.8 Å². The lowest BCUT2D eigenvalue weighted by molar-refractivity contribution is 0.0940. The van der Waals surface area contributed by atoms with E-state index in [1.54, 1.807) is 24.3 Å². The second-order valence-corrected chi connectivity index (χ2v) is 7.74. The Morgan fingerprint density at radius 3 is 2.41 bits per heavy atom. The molecule has 1 amide bonds. The zero-order chi connectivity index (χ0) is 19.8. The van der Waals surface area contributed by atoms with Crippen molar-refractivity contribution in [1.82, 2.24) is 14.8 Å². The van der Waals surface area contributed by atoms with E-state index in [2.05, 4.69) is 0 Å². The van der Waals surface area contributed by atoms with Crippen LogP contribution in [-0.2, 0) is 17.1 Å². The molecule has 0 spiro atoms. The summed E-state index contributed by atoms with van der Waals surface area (Å²) in [7, 11) is -2.65. The molecule has 2 aromatic carbocycles. The van der Waals surface area contributed by atoms with Crippen molar-refractivity contribution in [2.45, 2.75) is 4.90 Å². The molecule has 0 saturated heterocycles. The number of fused-ring (bicyclic) bond motifs is 1. The lowest BCUT2D eigenvalue weighted by atomic mass is 10.1. The standard InChI is InChI=1S/C17H14ClN3O5S/c1-21-13-5-3-2-4-12(13)15(22)14(17(21)24)16(23)19-20-27(25,26)11-8-6-10(18)7-9-11/h2-9,20,22H,1H3,(H,19,23). The van der Waals surface area contributed by atoms with Crippen molar-refractivity contribution in [3.05, 3.63) is 69.5 Å². The van der Waals surface area contributed by atoms with E-state index in [1.807, 2.05) is 10.3 Å². The summed E-state index contributed by atoms with van der Waals surface area (Å²) in [5, 5.41) is 11.0. The molecule has 0 bridgehead atoms. The Labute approximate surface area is 159 Å². The van der Waals surface area contributed by atoms with Gasteiger partial charge in [-0.25, -0.2) is 8.42 Å². The van der Waals surface area contributed by atoms with Crippen molar-refractivity contribution >= 4 is 38.4 Å². The Balaban J connectivity index is 1.93. The van der Waals surface area contributed by atoms with Gasteiger partial charge >= 0.3 is 0 Å². The van der Waals surface area contributed by atoms with E-state index >= 15 is 0 Å². The Hall–Kier alpha value is -2.88. The first-order valence-electron chi connectivity index (χ1n) is 7.61. The molecule has 27 heavy (non-hydrogen) atoms. The molecule has 0 aliphatic heterocycles. The van der Waals surface area contributed by atoms with Gasteiger partial charge in [-0.05, 0) is 36.4 Å². The number of pyridine rings is 1. The van der Waals surface area contributed by atoms with Crippen molar-refractivity contribution in [3.63, 3.8) is 0 Å². The van der Waals surface area contributed by atoms with E-state index in [1.165, 1.54) is 35.9 Å². The van der Waals surface area contributed by atoms with Crippen LogP contribution in [0.15, 0.2) is 58.2 Å². The van der Waals surface area contributed by atoms with Gasteiger partial charge in [0.1, 0.15) is 11.3 Å². The molecule has 8 nitrogen and oxygen atoms in total. The SMILES string of the molecule is Cn1c(=O)c(C(=O)NNS(=O)(=O)c2ccc(Cl)cc2)c(O)c2ccccc21. The van der Waals surface area contributed by atoms with Gasteiger partial charge in [-0.2, -0.15) is 0 Å². The Kier molecular flexibility index (Phi) is 4.92. The fourth-order valence-electron chi connectivity index (χ4n) is 2.53. The minimum absolute atomic E-state index is 0.136. The van der Waals surface area contributed by atoms with Crippen molar-refractivity contribution < 1.29 is 18.3 Å². The van der Waals surface area contributed by atoms with Crippen LogP contribution in [0.1, 0.15) is 10.4 Å². The molecule has 0 radical (unpaired) electrons. The smallest absolute Gasteiger partial charge is 0.275 e. The number of hydrogen-bond donors (Lipinski definition) is 3. The van der Waals surface area contributed by atoms with Crippen molar-refractivity contribution in [1.29, 1.82) is 0 Å². The van der Waals surface area contributed by atoms with Crippen LogP contribution in [0.4, 0.5) is 0 Å². The number of hydrogen-bond acceptors (Lipinski definition) is 5. The van der Waals surface area contributed by atoms with E-state index in [0.29, 0.717) is 10.5 Å². The van der Waals surface area contributed by atoms with Crippen LogP contribution in [0.2, 0.25) is 5.02 Å². The molecule has 3 aromatic rings.